The predicted molar refractivity (Wildman–Crippen MR) is 142 cm³/mol. The van der Waals surface area contributed by atoms with Crippen LogP contribution in [-0.2, 0) is 6.42 Å². The molecule has 1 nitrogen and oxygen atoms in total. The second kappa shape index (κ2) is 12.5. The Labute approximate surface area is 215 Å². The van der Waals surface area contributed by atoms with Gasteiger partial charge in [0.25, 0.3) is 0 Å². The highest BCUT2D eigenvalue weighted by atomic mass is 19.2. The van der Waals surface area contributed by atoms with Gasteiger partial charge in [-0.25, -0.2) is 8.78 Å². The maximum absolute atomic E-state index is 15.1. The molecule has 2 aromatic carbocycles. The van der Waals surface area contributed by atoms with Crippen LogP contribution in [0, 0.1) is 48.0 Å². The first-order valence-electron chi connectivity index (χ1n) is 14.3. The van der Waals surface area contributed by atoms with E-state index in [9.17, 15) is 8.78 Å². The molecule has 0 atom stereocenters. The van der Waals surface area contributed by atoms with Crippen LogP contribution in [0.3, 0.4) is 0 Å². The first-order chi connectivity index (χ1) is 17.4. The summed E-state index contributed by atoms with van der Waals surface area (Å²) < 4.78 is 49.2. The van der Waals surface area contributed by atoms with Crippen LogP contribution in [0.15, 0.2) is 24.3 Å². The van der Waals surface area contributed by atoms with Gasteiger partial charge in [0.2, 0.25) is 5.82 Å². The van der Waals surface area contributed by atoms with Crippen molar-refractivity contribution in [1.29, 1.82) is 0 Å². The number of ether oxygens (including phenoxy) is 1. The van der Waals surface area contributed by atoms with Gasteiger partial charge in [0.15, 0.2) is 11.6 Å². The van der Waals surface area contributed by atoms with Crippen LogP contribution in [0.25, 0.3) is 11.1 Å². The highest BCUT2D eigenvalue weighted by Crippen LogP contribution is 2.43. The molecule has 0 aliphatic heterocycles. The van der Waals surface area contributed by atoms with E-state index < -0.39 is 17.5 Å². The maximum atomic E-state index is 15.1. The van der Waals surface area contributed by atoms with Gasteiger partial charge in [-0.2, -0.15) is 4.39 Å². The number of halogens is 3. The third-order valence-electron chi connectivity index (χ3n) is 9.03. The van der Waals surface area contributed by atoms with Gasteiger partial charge in [-0.05, 0) is 111 Å². The SMILES string of the molecule is CCCC1CCC(C2CCC(CCc3cc(F)c(-c4ccc(OCC)c(F)c4F)cc3C)CC2)CC1. The quantitative estimate of drug-likeness (QED) is 0.333. The summed E-state index contributed by atoms with van der Waals surface area (Å²) in [6.07, 6.45) is 15.7. The zero-order valence-electron chi connectivity index (χ0n) is 22.4. The minimum Gasteiger partial charge on any atom is -0.491 e. The second-order valence-corrected chi connectivity index (χ2v) is 11.3. The van der Waals surface area contributed by atoms with E-state index in [1.165, 1.54) is 82.4 Å². The Kier molecular flexibility index (Phi) is 9.41. The van der Waals surface area contributed by atoms with E-state index in [1.807, 2.05) is 6.92 Å². The Morgan fingerprint density at radius 2 is 1.36 bits per heavy atom. The largest absolute Gasteiger partial charge is 0.491 e. The first kappa shape index (κ1) is 27.1. The number of aryl methyl sites for hydroxylation is 2. The molecule has 2 aliphatic carbocycles. The standard InChI is InChI=1S/C32H43F3O/c1-4-6-22-7-12-24(13-8-22)25-14-9-23(10-15-25)11-16-26-20-29(33)28(19-21(26)3)27-17-18-30(36-5-2)32(35)31(27)34/h17-20,22-25H,4-16H2,1-3H3. The number of hydrogen-bond donors (Lipinski definition) is 0. The lowest BCUT2D eigenvalue weighted by Gasteiger charge is -2.38. The molecule has 198 valence electrons. The Hall–Kier alpha value is -1.97. The van der Waals surface area contributed by atoms with Crippen LogP contribution >= 0.6 is 0 Å². The van der Waals surface area contributed by atoms with Gasteiger partial charge < -0.3 is 4.74 Å². The molecule has 0 bridgehead atoms. The molecule has 2 aliphatic rings. The molecule has 2 fully saturated rings. The normalized spacial score (nSPS) is 24.6. The number of benzene rings is 2. The summed E-state index contributed by atoms with van der Waals surface area (Å²) in [5.41, 5.74) is 1.94. The smallest absolute Gasteiger partial charge is 0.201 e. The molecule has 2 saturated carbocycles. The molecule has 0 heterocycles. The molecule has 36 heavy (non-hydrogen) atoms. The molecule has 0 N–H and O–H groups in total. The molecule has 2 aromatic rings. The summed E-state index contributed by atoms with van der Waals surface area (Å²) in [6.45, 7) is 6.19. The zero-order valence-corrected chi connectivity index (χ0v) is 22.4. The van der Waals surface area contributed by atoms with Gasteiger partial charge in [0.05, 0.1) is 6.61 Å². The average molecular weight is 501 g/mol. The van der Waals surface area contributed by atoms with Crippen molar-refractivity contribution in [2.24, 2.45) is 23.7 Å². The van der Waals surface area contributed by atoms with Crippen LogP contribution < -0.4 is 4.74 Å². The van der Waals surface area contributed by atoms with Crippen molar-refractivity contribution in [3.05, 3.63) is 52.8 Å². The van der Waals surface area contributed by atoms with Crippen molar-refractivity contribution >= 4 is 0 Å². The maximum Gasteiger partial charge on any atom is 0.201 e. The summed E-state index contributed by atoms with van der Waals surface area (Å²) in [4.78, 5) is 0. The topological polar surface area (TPSA) is 9.23 Å². The van der Waals surface area contributed by atoms with Gasteiger partial charge in [0, 0.05) is 11.1 Å². The average Bonchev–Trinajstić information content (AvgIpc) is 2.88. The summed E-state index contributed by atoms with van der Waals surface area (Å²) in [5.74, 6) is 0.747. The fraction of sp³-hybridized carbons (Fsp3) is 0.625. The van der Waals surface area contributed by atoms with E-state index in [0.29, 0.717) is 5.92 Å². The zero-order chi connectivity index (χ0) is 25.7. The van der Waals surface area contributed by atoms with E-state index in [-0.39, 0.29) is 23.5 Å². The van der Waals surface area contributed by atoms with Crippen LogP contribution in [-0.4, -0.2) is 6.61 Å². The van der Waals surface area contributed by atoms with Crippen molar-refractivity contribution in [3.63, 3.8) is 0 Å². The highest BCUT2D eigenvalue weighted by molar-refractivity contribution is 5.67. The molecular formula is C32H43F3O. The first-order valence-corrected chi connectivity index (χ1v) is 14.3. The molecule has 4 heteroatoms. The Morgan fingerprint density at radius 1 is 0.750 bits per heavy atom. The van der Waals surface area contributed by atoms with Crippen molar-refractivity contribution in [3.8, 4) is 16.9 Å². The molecule has 0 radical (unpaired) electrons. The molecule has 0 unspecified atom stereocenters. The Balaban J connectivity index is 1.32. The van der Waals surface area contributed by atoms with E-state index >= 15 is 4.39 Å². The minimum atomic E-state index is -1.07. The van der Waals surface area contributed by atoms with Crippen molar-refractivity contribution in [1.82, 2.24) is 0 Å². The van der Waals surface area contributed by atoms with E-state index in [4.69, 9.17) is 4.74 Å². The van der Waals surface area contributed by atoms with Gasteiger partial charge in [-0.15, -0.1) is 0 Å². The molecular weight excluding hydrogens is 457 g/mol. The number of rotatable bonds is 9. The fourth-order valence-corrected chi connectivity index (χ4v) is 6.87. The third kappa shape index (κ3) is 6.29. The van der Waals surface area contributed by atoms with Gasteiger partial charge >= 0.3 is 0 Å². The monoisotopic (exact) mass is 500 g/mol. The van der Waals surface area contributed by atoms with Crippen molar-refractivity contribution in [2.45, 2.75) is 97.8 Å². The Bertz CT molecular complexity index is 1000. The van der Waals surface area contributed by atoms with Crippen LogP contribution in [0.1, 0.15) is 95.6 Å². The molecule has 0 amide bonds. The van der Waals surface area contributed by atoms with Crippen molar-refractivity contribution < 1.29 is 17.9 Å². The summed E-state index contributed by atoms with van der Waals surface area (Å²) >= 11 is 0. The fourth-order valence-electron chi connectivity index (χ4n) is 6.87. The second-order valence-electron chi connectivity index (χ2n) is 11.3. The van der Waals surface area contributed by atoms with Gasteiger partial charge in [-0.3, -0.25) is 0 Å². The lowest BCUT2D eigenvalue weighted by atomic mass is 9.68. The molecule has 0 aromatic heterocycles. The number of hydrogen-bond acceptors (Lipinski definition) is 1. The minimum absolute atomic E-state index is 0.0647. The highest BCUT2D eigenvalue weighted by Gasteiger charge is 2.30. The molecule has 0 spiro atoms. The lowest BCUT2D eigenvalue weighted by molar-refractivity contribution is 0.141. The Morgan fingerprint density at radius 3 is 1.94 bits per heavy atom. The van der Waals surface area contributed by atoms with Crippen molar-refractivity contribution in [2.75, 3.05) is 6.61 Å². The van der Waals surface area contributed by atoms with Gasteiger partial charge in [-0.1, -0.05) is 45.4 Å². The summed E-state index contributed by atoms with van der Waals surface area (Å²) in [5, 5.41) is 0. The molecule has 0 saturated heterocycles. The van der Waals surface area contributed by atoms with Crippen LogP contribution in [0.5, 0.6) is 5.75 Å². The summed E-state index contributed by atoms with van der Waals surface area (Å²) in [6, 6.07) is 5.95. The predicted octanol–water partition coefficient (Wildman–Crippen LogP) is 9.82. The lowest BCUT2D eigenvalue weighted by Crippen LogP contribution is -2.26. The summed E-state index contributed by atoms with van der Waals surface area (Å²) in [7, 11) is 0. The van der Waals surface area contributed by atoms with E-state index in [1.54, 1.807) is 13.0 Å². The van der Waals surface area contributed by atoms with Crippen LogP contribution in [0.4, 0.5) is 13.2 Å². The van der Waals surface area contributed by atoms with E-state index in [0.717, 1.165) is 41.7 Å². The molecule has 4 rings (SSSR count). The third-order valence-corrected chi connectivity index (χ3v) is 9.03. The van der Waals surface area contributed by atoms with Gasteiger partial charge in [0.1, 0.15) is 5.82 Å². The van der Waals surface area contributed by atoms with E-state index in [2.05, 4.69) is 6.92 Å². The van der Waals surface area contributed by atoms with Crippen LogP contribution in [0.2, 0.25) is 0 Å².